The molecule has 0 unspecified atom stereocenters. The van der Waals surface area contributed by atoms with Gasteiger partial charge in [-0.05, 0) is 85.5 Å². The lowest BCUT2D eigenvalue weighted by molar-refractivity contribution is -0.117. The Bertz CT molecular complexity index is 1270. The van der Waals surface area contributed by atoms with E-state index in [1.807, 2.05) is 36.4 Å². The molecule has 1 amide bonds. The van der Waals surface area contributed by atoms with Crippen molar-refractivity contribution in [2.45, 2.75) is 30.1 Å². The molecule has 5 rings (SSSR count). The van der Waals surface area contributed by atoms with Gasteiger partial charge >= 0.3 is 0 Å². The summed E-state index contributed by atoms with van der Waals surface area (Å²) in [5, 5.41) is 8.37. The number of nitrogens with zero attached hydrogens (tertiary/aromatic N) is 1. The summed E-state index contributed by atoms with van der Waals surface area (Å²) in [6.07, 6.45) is 6.41. The minimum absolute atomic E-state index is 0. The van der Waals surface area contributed by atoms with Crippen molar-refractivity contribution in [2.75, 3.05) is 25.0 Å². The van der Waals surface area contributed by atoms with Crippen LogP contribution in [0.25, 0.3) is 10.8 Å². The molecule has 1 aliphatic heterocycles. The van der Waals surface area contributed by atoms with Crippen LogP contribution in [0.5, 0.6) is 0 Å². The zero-order valence-corrected chi connectivity index (χ0v) is 21.6. The molecule has 35 heavy (non-hydrogen) atoms. The SMILES string of the molecule is Cl.Cl.O=C(Nc1ccc2cnccc2c1)[C@@H]1C[C@H]1c1ccc(S(=O)(=O)NC[C@@H]2CCCNC2)cc1. The molecular formula is C25H30Cl2N4O3S. The minimum Gasteiger partial charge on any atom is -0.326 e. The van der Waals surface area contributed by atoms with E-state index in [1.165, 1.54) is 0 Å². The van der Waals surface area contributed by atoms with Crippen LogP contribution in [0.1, 0.15) is 30.7 Å². The fourth-order valence-electron chi connectivity index (χ4n) is 4.55. The number of rotatable bonds is 7. The zero-order valence-electron chi connectivity index (χ0n) is 19.1. The predicted octanol–water partition coefficient (Wildman–Crippen LogP) is 4.10. The summed E-state index contributed by atoms with van der Waals surface area (Å²) < 4.78 is 28.0. The summed E-state index contributed by atoms with van der Waals surface area (Å²) in [4.78, 5) is 17.1. The summed E-state index contributed by atoms with van der Waals surface area (Å²) in [5.41, 5.74) is 1.76. The van der Waals surface area contributed by atoms with E-state index in [4.69, 9.17) is 0 Å². The number of aromatic nitrogens is 1. The van der Waals surface area contributed by atoms with E-state index in [0.29, 0.717) is 12.5 Å². The maximum atomic E-state index is 12.7. The fourth-order valence-corrected chi connectivity index (χ4v) is 5.67. The van der Waals surface area contributed by atoms with Crippen molar-refractivity contribution in [2.24, 2.45) is 11.8 Å². The number of fused-ring (bicyclic) bond motifs is 1. The van der Waals surface area contributed by atoms with Gasteiger partial charge in [0, 0.05) is 35.9 Å². The van der Waals surface area contributed by atoms with Crippen LogP contribution in [-0.2, 0) is 14.8 Å². The largest absolute Gasteiger partial charge is 0.326 e. The van der Waals surface area contributed by atoms with Gasteiger partial charge in [-0.15, -0.1) is 24.8 Å². The Morgan fingerprint density at radius 3 is 2.60 bits per heavy atom. The monoisotopic (exact) mass is 536 g/mol. The second-order valence-electron chi connectivity index (χ2n) is 9.01. The van der Waals surface area contributed by atoms with Crippen molar-refractivity contribution >= 4 is 57.2 Å². The molecule has 1 aliphatic carbocycles. The first-order valence-corrected chi connectivity index (χ1v) is 12.9. The van der Waals surface area contributed by atoms with Crippen molar-refractivity contribution in [3.05, 3.63) is 66.5 Å². The van der Waals surface area contributed by atoms with Gasteiger partial charge in [-0.1, -0.05) is 18.2 Å². The quantitative estimate of drug-likeness (QED) is 0.422. The van der Waals surface area contributed by atoms with E-state index in [2.05, 4.69) is 20.3 Å². The first-order chi connectivity index (χ1) is 16.0. The smallest absolute Gasteiger partial charge is 0.240 e. The number of hydrogen-bond donors (Lipinski definition) is 3. The van der Waals surface area contributed by atoms with Gasteiger partial charge in [0.2, 0.25) is 15.9 Å². The van der Waals surface area contributed by atoms with Crippen molar-refractivity contribution in [3.63, 3.8) is 0 Å². The lowest BCUT2D eigenvalue weighted by atomic mass is 10.0. The molecular weight excluding hydrogens is 507 g/mol. The zero-order chi connectivity index (χ0) is 22.8. The normalized spacial score (nSPS) is 21.4. The molecule has 188 valence electrons. The average Bonchev–Trinajstić information content (AvgIpc) is 3.65. The molecule has 3 N–H and O–H groups in total. The third-order valence-corrected chi connectivity index (χ3v) is 8.05. The van der Waals surface area contributed by atoms with Gasteiger partial charge in [0.1, 0.15) is 0 Å². The van der Waals surface area contributed by atoms with Gasteiger partial charge in [0.25, 0.3) is 0 Å². The molecule has 0 bridgehead atoms. The number of carbonyl (C=O) groups is 1. The number of hydrogen-bond acceptors (Lipinski definition) is 5. The predicted molar refractivity (Wildman–Crippen MR) is 143 cm³/mol. The lowest BCUT2D eigenvalue weighted by Gasteiger charge is -2.22. The third kappa shape index (κ3) is 6.51. The van der Waals surface area contributed by atoms with Gasteiger partial charge in [-0.2, -0.15) is 0 Å². The average molecular weight is 538 g/mol. The highest BCUT2D eigenvalue weighted by atomic mass is 35.5. The van der Waals surface area contributed by atoms with Crippen molar-refractivity contribution in [1.82, 2.24) is 15.0 Å². The molecule has 10 heteroatoms. The number of sulfonamides is 1. The standard InChI is InChI=1S/C25H28N4O3S.2ClH/c30-25(29-21-6-3-20-16-27-11-9-19(20)12-21)24-13-23(24)18-4-7-22(8-5-18)33(31,32)28-15-17-2-1-10-26-14-17;;/h3-9,11-12,16-17,23-24,26,28H,1-2,10,13-15H2,(H,29,30);2*1H/t17-,23+,24-;;/m1../s1. The number of carbonyl (C=O) groups excluding carboxylic acids is 1. The number of halogens is 2. The number of piperidine rings is 1. The molecule has 0 radical (unpaired) electrons. The number of nitrogens with one attached hydrogen (secondary N) is 3. The number of pyridine rings is 1. The summed E-state index contributed by atoms with van der Waals surface area (Å²) in [7, 11) is -3.53. The molecule has 2 fully saturated rings. The molecule has 2 aliphatic rings. The topological polar surface area (TPSA) is 100 Å². The molecule has 2 heterocycles. The van der Waals surface area contributed by atoms with Crippen LogP contribution in [0.4, 0.5) is 5.69 Å². The third-order valence-electron chi connectivity index (χ3n) is 6.61. The van der Waals surface area contributed by atoms with Crippen LogP contribution in [0.2, 0.25) is 0 Å². The molecule has 2 aromatic carbocycles. The van der Waals surface area contributed by atoms with Gasteiger partial charge in [0.05, 0.1) is 4.90 Å². The molecule has 7 nitrogen and oxygen atoms in total. The highest BCUT2D eigenvalue weighted by Gasteiger charge is 2.44. The summed E-state index contributed by atoms with van der Waals surface area (Å²) in [6, 6.07) is 14.6. The van der Waals surface area contributed by atoms with Crippen molar-refractivity contribution in [3.8, 4) is 0 Å². The number of benzene rings is 2. The first-order valence-electron chi connectivity index (χ1n) is 11.4. The Labute approximate surface area is 218 Å². The molecule has 3 aromatic rings. The van der Waals surface area contributed by atoms with Gasteiger partial charge in [-0.3, -0.25) is 9.78 Å². The minimum atomic E-state index is -3.53. The molecule has 0 spiro atoms. The highest BCUT2D eigenvalue weighted by Crippen LogP contribution is 2.48. The van der Waals surface area contributed by atoms with Crippen LogP contribution in [0.3, 0.4) is 0 Å². The Hall–Kier alpha value is -2.23. The van der Waals surface area contributed by atoms with E-state index < -0.39 is 10.0 Å². The van der Waals surface area contributed by atoms with Crippen LogP contribution in [0, 0.1) is 11.8 Å². The van der Waals surface area contributed by atoms with Gasteiger partial charge in [-0.25, -0.2) is 13.1 Å². The maximum absolute atomic E-state index is 12.7. The van der Waals surface area contributed by atoms with Crippen LogP contribution >= 0.6 is 24.8 Å². The summed E-state index contributed by atoms with van der Waals surface area (Å²) in [6.45, 7) is 2.31. The highest BCUT2D eigenvalue weighted by molar-refractivity contribution is 7.89. The van der Waals surface area contributed by atoms with Crippen molar-refractivity contribution in [1.29, 1.82) is 0 Å². The maximum Gasteiger partial charge on any atom is 0.240 e. The van der Waals surface area contributed by atoms with Crippen LogP contribution in [0.15, 0.2) is 65.8 Å². The van der Waals surface area contributed by atoms with Gasteiger partial charge in [0.15, 0.2) is 0 Å². The Morgan fingerprint density at radius 2 is 1.86 bits per heavy atom. The van der Waals surface area contributed by atoms with E-state index in [9.17, 15) is 13.2 Å². The van der Waals surface area contributed by atoms with Crippen LogP contribution < -0.4 is 15.4 Å². The first kappa shape index (κ1) is 27.4. The lowest BCUT2D eigenvalue weighted by Crippen LogP contribution is -2.38. The van der Waals surface area contributed by atoms with Gasteiger partial charge < -0.3 is 10.6 Å². The summed E-state index contributed by atoms with van der Waals surface area (Å²) in [5.74, 6) is 0.343. The van der Waals surface area contributed by atoms with Crippen LogP contribution in [-0.4, -0.2) is 38.9 Å². The molecule has 1 saturated heterocycles. The Kier molecular flexibility index (Phi) is 9.12. The summed E-state index contributed by atoms with van der Waals surface area (Å²) >= 11 is 0. The Balaban J connectivity index is 0.00000171. The second kappa shape index (κ2) is 11.7. The number of anilines is 1. The van der Waals surface area contributed by atoms with E-state index in [0.717, 1.165) is 54.4 Å². The second-order valence-corrected chi connectivity index (χ2v) is 10.8. The van der Waals surface area contributed by atoms with E-state index >= 15 is 0 Å². The van der Waals surface area contributed by atoms with Crippen molar-refractivity contribution < 1.29 is 13.2 Å². The van der Waals surface area contributed by atoms with E-state index in [-0.39, 0.29) is 47.5 Å². The fraction of sp³-hybridized carbons (Fsp3) is 0.360. The molecule has 3 atom stereocenters. The number of amides is 1. The van der Waals surface area contributed by atoms with E-state index in [1.54, 1.807) is 24.5 Å². The molecule has 1 aromatic heterocycles. The molecule has 1 saturated carbocycles. The Morgan fingerprint density at radius 1 is 1.06 bits per heavy atom.